The fraction of sp³-hybridized carbons (Fsp3) is 0.941. The molecule has 5 nitrogen and oxygen atoms in total. The predicted molar refractivity (Wildman–Crippen MR) is 89.0 cm³/mol. The maximum absolute atomic E-state index is 11.8. The van der Waals surface area contributed by atoms with E-state index < -0.39 is 5.60 Å². The molecule has 2 rings (SSSR count). The third-order valence-corrected chi connectivity index (χ3v) is 4.44. The molecule has 1 saturated heterocycles. The highest BCUT2D eigenvalue weighted by Crippen LogP contribution is 2.25. The van der Waals surface area contributed by atoms with Crippen molar-refractivity contribution in [3.05, 3.63) is 0 Å². The molecule has 0 aromatic rings. The second kappa shape index (κ2) is 7.18. The van der Waals surface area contributed by atoms with Crippen LogP contribution in [0.1, 0.15) is 60.3 Å². The summed E-state index contributed by atoms with van der Waals surface area (Å²) in [4.78, 5) is 14.3. The van der Waals surface area contributed by atoms with Crippen molar-refractivity contribution in [2.24, 2.45) is 0 Å². The molecule has 1 amide bonds. The lowest BCUT2D eigenvalue weighted by Gasteiger charge is -2.24. The van der Waals surface area contributed by atoms with Gasteiger partial charge in [0.1, 0.15) is 5.60 Å². The fourth-order valence-corrected chi connectivity index (χ4v) is 3.10. The van der Waals surface area contributed by atoms with Crippen LogP contribution in [0, 0.1) is 0 Å². The van der Waals surface area contributed by atoms with Crippen molar-refractivity contribution in [1.29, 1.82) is 0 Å². The van der Waals surface area contributed by atoms with E-state index in [0.29, 0.717) is 18.1 Å². The molecule has 0 aromatic heterocycles. The number of rotatable bonds is 4. The van der Waals surface area contributed by atoms with Gasteiger partial charge in [0.15, 0.2) is 0 Å². The molecule has 2 fully saturated rings. The monoisotopic (exact) mass is 311 g/mol. The first-order valence-corrected chi connectivity index (χ1v) is 8.74. The summed E-state index contributed by atoms with van der Waals surface area (Å²) < 4.78 is 5.30. The van der Waals surface area contributed by atoms with Gasteiger partial charge < -0.3 is 20.3 Å². The summed E-state index contributed by atoms with van der Waals surface area (Å²) >= 11 is 0. The Morgan fingerprint density at radius 2 is 1.91 bits per heavy atom. The highest BCUT2D eigenvalue weighted by molar-refractivity contribution is 5.68. The Kier molecular flexibility index (Phi) is 5.72. The molecule has 2 N–H and O–H groups in total. The smallest absolute Gasteiger partial charge is 0.407 e. The summed E-state index contributed by atoms with van der Waals surface area (Å²) in [6, 6.07) is 1.88. The number of likely N-dealkylation sites (tertiary alicyclic amines) is 1. The Balaban J connectivity index is 1.67. The number of hydrogen-bond acceptors (Lipinski definition) is 4. The number of carbonyl (C=O) groups excluding carboxylic acids is 1. The number of hydrogen-bond donors (Lipinski definition) is 2. The number of amides is 1. The van der Waals surface area contributed by atoms with Crippen molar-refractivity contribution in [1.82, 2.24) is 15.5 Å². The van der Waals surface area contributed by atoms with Crippen LogP contribution in [0.3, 0.4) is 0 Å². The van der Waals surface area contributed by atoms with Crippen molar-refractivity contribution < 1.29 is 9.53 Å². The summed E-state index contributed by atoms with van der Waals surface area (Å²) in [6.07, 6.45) is 4.41. The molecule has 1 saturated carbocycles. The first kappa shape index (κ1) is 17.5. The molecule has 22 heavy (non-hydrogen) atoms. The van der Waals surface area contributed by atoms with Gasteiger partial charge in [-0.05, 0) is 73.4 Å². The van der Waals surface area contributed by atoms with Gasteiger partial charge in [-0.1, -0.05) is 0 Å². The van der Waals surface area contributed by atoms with Crippen molar-refractivity contribution in [3.8, 4) is 0 Å². The van der Waals surface area contributed by atoms with Crippen LogP contribution in [-0.2, 0) is 4.74 Å². The molecule has 0 spiro atoms. The van der Waals surface area contributed by atoms with Crippen molar-refractivity contribution in [3.63, 3.8) is 0 Å². The third kappa shape index (κ3) is 5.76. The van der Waals surface area contributed by atoms with Crippen LogP contribution < -0.4 is 10.6 Å². The molecular formula is C17H33N3O2. The van der Waals surface area contributed by atoms with Gasteiger partial charge in [0, 0.05) is 24.2 Å². The van der Waals surface area contributed by atoms with E-state index in [-0.39, 0.29) is 12.1 Å². The van der Waals surface area contributed by atoms with Crippen molar-refractivity contribution >= 4 is 6.09 Å². The van der Waals surface area contributed by atoms with Crippen LogP contribution in [0.5, 0.6) is 0 Å². The topological polar surface area (TPSA) is 53.6 Å². The third-order valence-electron chi connectivity index (χ3n) is 4.44. The maximum Gasteiger partial charge on any atom is 0.407 e. The minimum absolute atomic E-state index is 0.235. The Morgan fingerprint density at radius 1 is 1.18 bits per heavy atom. The number of alkyl carbamates (subject to hydrolysis) is 1. The second-order valence-corrected chi connectivity index (χ2v) is 8.02. The molecule has 3 unspecified atom stereocenters. The average Bonchev–Trinajstić information content (AvgIpc) is 3.11. The molecule has 3 atom stereocenters. The Labute approximate surface area is 135 Å². The summed E-state index contributed by atoms with van der Waals surface area (Å²) in [5.74, 6) is 0. The van der Waals surface area contributed by atoms with Gasteiger partial charge in [-0.2, -0.15) is 0 Å². The molecule has 0 aromatic carbocycles. The molecule has 1 aliphatic carbocycles. The van der Waals surface area contributed by atoms with Gasteiger partial charge in [0.25, 0.3) is 0 Å². The van der Waals surface area contributed by atoms with E-state index in [4.69, 9.17) is 4.74 Å². The minimum atomic E-state index is -0.427. The van der Waals surface area contributed by atoms with Gasteiger partial charge in [-0.15, -0.1) is 0 Å². The van der Waals surface area contributed by atoms with Crippen LogP contribution in [0.25, 0.3) is 0 Å². The number of nitrogens with one attached hydrogen (secondary N) is 2. The van der Waals surface area contributed by atoms with Crippen LogP contribution in [0.15, 0.2) is 0 Å². The quantitative estimate of drug-likeness (QED) is 0.837. The van der Waals surface area contributed by atoms with E-state index in [1.54, 1.807) is 0 Å². The normalized spacial score (nSPS) is 30.0. The largest absolute Gasteiger partial charge is 0.444 e. The Morgan fingerprint density at radius 3 is 2.55 bits per heavy atom. The van der Waals surface area contributed by atoms with Crippen LogP contribution >= 0.6 is 0 Å². The molecule has 2 aliphatic rings. The standard InChI is InChI=1S/C17H33N3O2/c1-12(2)20-9-6-7-13(8-10-20)18-14-11-15(14)19-16(21)22-17(3,4)5/h12-15,18H,6-11H2,1-5H3,(H,19,21). The zero-order chi connectivity index (χ0) is 16.3. The zero-order valence-corrected chi connectivity index (χ0v) is 14.8. The van der Waals surface area contributed by atoms with Crippen LogP contribution in [-0.4, -0.2) is 53.9 Å². The van der Waals surface area contributed by atoms with Crippen molar-refractivity contribution in [2.45, 2.75) is 90.1 Å². The highest BCUT2D eigenvalue weighted by atomic mass is 16.6. The van der Waals surface area contributed by atoms with Gasteiger partial charge in [-0.3, -0.25) is 0 Å². The molecule has 128 valence electrons. The molecule has 1 aliphatic heterocycles. The lowest BCUT2D eigenvalue weighted by atomic mass is 10.1. The molecular weight excluding hydrogens is 278 g/mol. The maximum atomic E-state index is 11.8. The van der Waals surface area contributed by atoms with E-state index in [1.165, 1.54) is 32.4 Å². The lowest BCUT2D eigenvalue weighted by Crippen LogP contribution is -2.39. The van der Waals surface area contributed by atoms with Gasteiger partial charge in [-0.25, -0.2) is 4.79 Å². The first-order chi connectivity index (χ1) is 10.2. The molecule has 0 radical (unpaired) electrons. The summed E-state index contributed by atoms with van der Waals surface area (Å²) in [7, 11) is 0. The second-order valence-electron chi connectivity index (χ2n) is 8.02. The molecule has 5 heteroatoms. The minimum Gasteiger partial charge on any atom is -0.444 e. The van der Waals surface area contributed by atoms with E-state index in [0.717, 1.165) is 6.42 Å². The van der Waals surface area contributed by atoms with E-state index in [9.17, 15) is 4.79 Å². The number of carbonyl (C=O) groups is 1. The predicted octanol–water partition coefficient (Wildman–Crippen LogP) is 2.50. The van der Waals surface area contributed by atoms with Crippen molar-refractivity contribution in [2.75, 3.05) is 13.1 Å². The number of nitrogens with zero attached hydrogens (tertiary/aromatic N) is 1. The molecule has 0 bridgehead atoms. The van der Waals surface area contributed by atoms with E-state index in [1.807, 2.05) is 20.8 Å². The van der Waals surface area contributed by atoms with E-state index >= 15 is 0 Å². The zero-order valence-electron chi connectivity index (χ0n) is 14.8. The van der Waals surface area contributed by atoms with Gasteiger partial charge in [0.05, 0.1) is 0 Å². The van der Waals surface area contributed by atoms with Crippen LogP contribution in [0.2, 0.25) is 0 Å². The van der Waals surface area contributed by atoms with E-state index in [2.05, 4.69) is 29.4 Å². The molecule has 1 heterocycles. The lowest BCUT2D eigenvalue weighted by molar-refractivity contribution is 0.0521. The number of ether oxygens (including phenoxy) is 1. The average molecular weight is 311 g/mol. The first-order valence-electron chi connectivity index (χ1n) is 8.74. The Hall–Kier alpha value is -0.810. The Bertz CT molecular complexity index is 379. The van der Waals surface area contributed by atoms with Crippen LogP contribution in [0.4, 0.5) is 4.79 Å². The summed E-state index contributed by atoms with van der Waals surface area (Å²) in [5.41, 5.74) is -0.427. The van der Waals surface area contributed by atoms with Gasteiger partial charge >= 0.3 is 6.09 Å². The summed E-state index contributed by atoms with van der Waals surface area (Å²) in [5, 5.41) is 6.67. The van der Waals surface area contributed by atoms with Gasteiger partial charge in [0.2, 0.25) is 0 Å². The highest BCUT2D eigenvalue weighted by Gasteiger charge is 2.40. The fourth-order valence-electron chi connectivity index (χ4n) is 3.10. The SMILES string of the molecule is CC(C)N1CCCC(NC2CC2NC(=O)OC(C)(C)C)CC1. The summed E-state index contributed by atoms with van der Waals surface area (Å²) in [6.45, 7) is 12.6.